The molecule has 4 amide bonds. The Bertz CT molecular complexity index is 997. The number of rotatable bonds is 6. The van der Waals surface area contributed by atoms with Crippen molar-refractivity contribution in [1.82, 2.24) is 9.80 Å². The van der Waals surface area contributed by atoms with Crippen LogP contribution < -0.4 is 15.4 Å². The van der Waals surface area contributed by atoms with Crippen molar-refractivity contribution in [2.45, 2.75) is 19.8 Å². The molecule has 2 N–H and O–H groups in total. The highest BCUT2D eigenvalue weighted by molar-refractivity contribution is 5.94. The van der Waals surface area contributed by atoms with Crippen molar-refractivity contribution in [2.75, 3.05) is 43.4 Å². The predicted octanol–water partition coefficient (Wildman–Crippen LogP) is 3.10. The van der Waals surface area contributed by atoms with Gasteiger partial charge in [-0.3, -0.25) is 9.59 Å². The summed E-state index contributed by atoms with van der Waals surface area (Å²) in [6, 6.07) is 14.6. The number of carbonyl (C=O) groups is 3. The maximum absolute atomic E-state index is 12.5. The van der Waals surface area contributed by atoms with E-state index in [9.17, 15) is 14.4 Å². The van der Waals surface area contributed by atoms with E-state index >= 15 is 0 Å². The first-order valence-electron chi connectivity index (χ1n) is 10.9. The first-order chi connectivity index (χ1) is 15.5. The van der Waals surface area contributed by atoms with Gasteiger partial charge in [0.2, 0.25) is 5.91 Å². The largest absolute Gasteiger partial charge is 0.484 e. The molecular weight excluding hydrogens is 408 g/mol. The molecule has 4 rings (SSSR count). The van der Waals surface area contributed by atoms with Crippen molar-refractivity contribution in [3.63, 3.8) is 0 Å². The summed E-state index contributed by atoms with van der Waals surface area (Å²) in [5.74, 6) is 0.556. The van der Waals surface area contributed by atoms with Gasteiger partial charge in [0.1, 0.15) is 5.75 Å². The second-order valence-corrected chi connectivity index (χ2v) is 8.25. The molecule has 1 saturated heterocycles. The van der Waals surface area contributed by atoms with Gasteiger partial charge in [0.15, 0.2) is 6.61 Å². The van der Waals surface area contributed by atoms with Crippen molar-refractivity contribution in [2.24, 2.45) is 5.92 Å². The van der Waals surface area contributed by atoms with E-state index < -0.39 is 0 Å². The van der Waals surface area contributed by atoms with Crippen molar-refractivity contribution in [1.29, 1.82) is 0 Å². The lowest BCUT2D eigenvalue weighted by atomic mass is 10.2. The molecule has 8 nitrogen and oxygen atoms in total. The Labute approximate surface area is 187 Å². The zero-order valence-electron chi connectivity index (χ0n) is 18.2. The number of anilines is 2. The van der Waals surface area contributed by atoms with Gasteiger partial charge in [-0.1, -0.05) is 18.2 Å². The minimum Gasteiger partial charge on any atom is -0.484 e. The molecule has 32 heavy (non-hydrogen) atoms. The topological polar surface area (TPSA) is 91.0 Å². The smallest absolute Gasteiger partial charge is 0.321 e. The number of carbonyl (C=O) groups excluding carboxylic acids is 3. The summed E-state index contributed by atoms with van der Waals surface area (Å²) in [7, 11) is 0. The first-order valence-corrected chi connectivity index (χ1v) is 10.9. The maximum atomic E-state index is 12.5. The van der Waals surface area contributed by atoms with Gasteiger partial charge in [-0.25, -0.2) is 4.79 Å². The highest BCUT2D eigenvalue weighted by Gasteiger charge is 2.29. The van der Waals surface area contributed by atoms with Crippen LogP contribution in [0.1, 0.15) is 18.4 Å². The molecule has 1 aliphatic heterocycles. The Morgan fingerprint density at radius 3 is 2.25 bits per heavy atom. The number of aryl methyl sites for hydroxylation is 1. The average molecular weight is 437 g/mol. The molecule has 0 spiro atoms. The monoisotopic (exact) mass is 436 g/mol. The van der Waals surface area contributed by atoms with Gasteiger partial charge in [0.25, 0.3) is 5.91 Å². The Kier molecular flexibility index (Phi) is 6.58. The maximum Gasteiger partial charge on any atom is 0.321 e. The van der Waals surface area contributed by atoms with Crippen LogP contribution in [0.4, 0.5) is 16.2 Å². The number of nitrogens with zero attached hydrogens (tertiary/aromatic N) is 2. The van der Waals surface area contributed by atoms with E-state index in [4.69, 9.17) is 4.74 Å². The fourth-order valence-corrected chi connectivity index (χ4v) is 3.57. The third-order valence-corrected chi connectivity index (χ3v) is 5.60. The molecule has 2 aromatic carbocycles. The molecule has 8 heteroatoms. The van der Waals surface area contributed by atoms with Crippen LogP contribution in [0.3, 0.4) is 0 Å². The van der Waals surface area contributed by atoms with Gasteiger partial charge in [0, 0.05) is 49.5 Å². The van der Waals surface area contributed by atoms with Crippen LogP contribution in [0.15, 0.2) is 48.5 Å². The number of hydrogen-bond acceptors (Lipinski definition) is 4. The minimum atomic E-state index is -0.163. The van der Waals surface area contributed by atoms with Crippen LogP contribution >= 0.6 is 0 Å². The Morgan fingerprint density at radius 2 is 1.56 bits per heavy atom. The van der Waals surface area contributed by atoms with Crippen LogP contribution in [-0.2, 0) is 9.59 Å². The van der Waals surface area contributed by atoms with Gasteiger partial charge in [-0.15, -0.1) is 0 Å². The molecule has 0 aromatic heterocycles. The third-order valence-electron chi connectivity index (χ3n) is 5.60. The van der Waals surface area contributed by atoms with E-state index in [1.165, 1.54) is 0 Å². The summed E-state index contributed by atoms with van der Waals surface area (Å²) in [4.78, 5) is 40.3. The lowest BCUT2D eigenvalue weighted by Crippen LogP contribution is -2.52. The van der Waals surface area contributed by atoms with Crippen molar-refractivity contribution >= 4 is 29.2 Å². The van der Waals surface area contributed by atoms with E-state index in [2.05, 4.69) is 10.6 Å². The number of ether oxygens (including phenoxy) is 1. The lowest BCUT2D eigenvalue weighted by molar-refractivity contribution is -0.134. The van der Waals surface area contributed by atoms with E-state index in [0.717, 1.165) is 24.1 Å². The highest BCUT2D eigenvalue weighted by atomic mass is 16.5. The quantitative estimate of drug-likeness (QED) is 0.728. The van der Waals surface area contributed by atoms with Gasteiger partial charge in [-0.2, -0.15) is 0 Å². The third kappa shape index (κ3) is 5.78. The molecule has 168 valence electrons. The van der Waals surface area contributed by atoms with Crippen molar-refractivity contribution in [3.05, 3.63) is 54.1 Å². The number of amides is 4. The van der Waals surface area contributed by atoms with Crippen LogP contribution in [0.5, 0.6) is 5.75 Å². The summed E-state index contributed by atoms with van der Waals surface area (Å²) >= 11 is 0. The van der Waals surface area contributed by atoms with E-state index in [-0.39, 0.29) is 30.4 Å². The molecule has 2 fully saturated rings. The summed E-state index contributed by atoms with van der Waals surface area (Å²) < 4.78 is 5.65. The van der Waals surface area contributed by atoms with Crippen LogP contribution in [0.25, 0.3) is 0 Å². The lowest BCUT2D eigenvalue weighted by Gasteiger charge is -2.34. The fraction of sp³-hybridized carbons (Fsp3) is 0.375. The summed E-state index contributed by atoms with van der Waals surface area (Å²) in [5, 5.41) is 5.77. The molecule has 0 bridgehead atoms. The minimum absolute atomic E-state index is 0.0301. The molecule has 2 aromatic rings. The summed E-state index contributed by atoms with van der Waals surface area (Å²) in [6.07, 6.45) is 1.88. The fourth-order valence-electron chi connectivity index (χ4n) is 3.57. The number of benzene rings is 2. The molecular formula is C24H28N4O4. The second-order valence-electron chi connectivity index (χ2n) is 8.25. The van der Waals surface area contributed by atoms with Gasteiger partial charge in [0.05, 0.1) is 0 Å². The SMILES string of the molecule is Cc1cccc(NC(=O)N2CCN(C(=O)COc3cccc(NC(=O)C4CC4)c3)CC2)c1. The normalized spacial score (nSPS) is 15.8. The van der Waals surface area contributed by atoms with E-state index in [1.54, 1.807) is 34.1 Å². The Hall–Kier alpha value is -3.55. The van der Waals surface area contributed by atoms with Gasteiger partial charge < -0.3 is 25.2 Å². The number of hydrogen-bond donors (Lipinski definition) is 2. The van der Waals surface area contributed by atoms with Crippen molar-refractivity contribution < 1.29 is 19.1 Å². The summed E-state index contributed by atoms with van der Waals surface area (Å²) in [5.41, 5.74) is 2.51. The Balaban J connectivity index is 1.21. The first kappa shape index (κ1) is 21.7. The van der Waals surface area contributed by atoms with Crippen molar-refractivity contribution in [3.8, 4) is 5.75 Å². The molecule has 0 unspecified atom stereocenters. The van der Waals surface area contributed by atoms with E-state index in [0.29, 0.717) is 37.6 Å². The van der Waals surface area contributed by atoms with E-state index in [1.807, 2.05) is 31.2 Å². The zero-order chi connectivity index (χ0) is 22.5. The van der Waals surface area contributed by atoms with Crippen LogP contribution in [-0.4, -0.2) is 60.4 Å². The highest BCUT2D eigenvalue weighted by Crippen LogP contribution is 2.30. The molecule has 0 radical (unpaired) electrons. The predicted molar refractivity (Wildman–Crippen MR) is 122 cm³/mol. The number of piperazine rings is 1. The standard InChI is InChI=1S/C24H28N4O4/c1-17-4-2-5-19(14-17)26-24(31)28-12-10-27(11-13-28)22(29)16-32-21-7-3-6-20(15-21)25-23(30)18-8-9-18/h2-7,14-15,18H,8-13,16H2,1H3,(H,25,30)(H,26,31). The van der Waals surface area contributed by atoms with Gasteiger partial charge in [-0.05, 0) is 49.6 Å². The van der Waals surface area contributed by atoms with Gasteiger partial charge >= 0.3 is 6.03 Å². The molecule has 1 heterocycles. The average Bonchev–Trinajstić information content (AvgIpc) is 3.63. The Morgan fingerprint density at radius 1 is 0.906 bits per heavy atom. The van der Waals surface area contributed by atoms with Crippen LogP contribution in [0.2, 0.25) is 0 Å². The zero-order valence-corrected chi connectivity index (χ0v) is 18.2. The molecule has 1 saturated carbocycles. The molecule has 0 atom stereocenters. The summed E-state index contributed by atoms with van der Waals surface area (Å²) in [6.45, 7) is 3.73. The second kappa shape index (κ2) is 9.72. The molecule has 1 aliphatic carbocycles. The van der Waals surface area contributed by atoms with Crippen LogP contribution in [0, 0.1) is 12.8 Å². The number of nitrogens with one attached hydrogen (secondary N) is 2. The number of urea groups is 1. The molecule has 2 aliphatic rings.